The summed E-state index contributed by atoms with van der Waals surface area (Å²) < 4.78 is 1.54. The average Bonchev–Trinajstić information content (AvgIpc) is 2.81. The number of aromatic carboxylic acids is 1. The van der Waals surface area contributed by atoms with Crippen LogP contribution in [0.5, 0.6) is 5.88 Å². The number of nitrogens with one attached hydrogen (secondary N) is 1. The molecule has 1 fully saturated rings. The zero-order chi connectivity index (χ0) is 13.4. The van der Waals surface area contributed by atoms with E-state index in [4.69, 9.17) is 0 Å². The van der Waals surface area contributed by atoms with Crippen molar-refractivity contribution < 1.29 is 15.0 Å². The number of carbonyl (C=O) groups is 1. The lowest BCUT2D eigenvalue weighted by Gasteiger charge is -2.21. The number of carboxylic acid groups (broad SMARTS) is 1. The minimum absolute atomic E-state index is 0.00327. The predicted molar refractivity (Wildman–Crippen MR) is 68.7 cm³/mol. The van der Waals surface area contributed by atoms with Crippen LogP contribution < -0.4 is 5.32 Å². The van der Waals surface area contributed by atoms with E-state index in [2.05, 4.69) is 10.3 Å². The third kappa shape index (κ3) is 1.94. The molecule has 1 unspecified atom stereocenters. The maximum absolute atomic E-state index is 11.2. The highest BCUT2D eigenvalue weighted by Crippen LogP contribution is 2.28. The van der Waals surface area contributed by atoms with Crippen molar-refractivity contribution in [3.8, 4) is 5.88 Å². The van der Waals surface area contributed by atoms with Crippen molar-refractivity contribution in [2.45, 2.75) is 18.8 Å². The van der Waals surface area contributed by atoms with Gasteiger partial charge in [0.2, 0.25) is 0 Å². The minimum atomic E-state index is -1.07. The van der Waals surface area contributed by atoms with Crippen LogP contribution in [0.3, 0.4) is 0 Å². The Hall–Kier alpha value is -2.08. The number of aromatic hydroxyl groups is 1. The molecular weight excluding hydrogens is 246 g/mol. The van der Waals surface area contributed by atoms with Crippen molar-refractivity contribution in [2.75, 3.05) is 13.1 Å². The quantitative estimate of drug-likeness (QED) is 0.756. The number of nitrogens with zero attached hydrogens (tertiary/aromatic N) is 2. The molecule has 0 radical (unpaired) electrons. The number of piperidine rings is 1. The summed E-state index contributed by atoms with van der Waals surface area (Å²) in [4.78, 5) is 15.5. The molecule has 1 atom stereocenters. The molecule has 100 valence electrons. The van der Waals surface area contributed by atoms with Crippen LogP contribution in [0, 0.1) is 0 Å². The van der Waals surface area contributed by atoms with Crippen LogP contribution in [0.15, 0.2) is 18.2 Å². The van der Waals surface area contributed by atoms with Gasteiger partial charge in [-0.1, -0.05) is 6.07 Å². The predicted octanol–water partition coefficient (Wildman–Crippen LogP) is 1.21. The first-order valence-corrected chi connectivity index (χ1v) is 6.33. The Balaban J connectivity index is 2.20. The van der Waals surface area contributed by atoms with E-state index < -0.39 is 5.97 Å². The van der Waals surface area contributed by atoms with E-state index >= 15 is 0 Å². The second-order valence-electron chi connectivity index (χ2n) is 4.77. The SMILES string of the molecule is O=C(O)c1nc(C2CCCNC2)n2c(O)cccc12. The Morgan fingerprint density at radius 2 is 2.32 bits per heavy atom. The molecule has 3 rings (SSSR count). The maximum Gasteiger partial charge on any atom is 0.356 e. The Labute approximate surface area is 109 Å². The molecule has 0 aromatic carbocycles. The van der Waals surface area contributed by atoms with Crippen LogP contribution in [0.4, 0.5) is 0 Å². The van der Waals surface area contributed by atoms with Crippen molar-refractivity contribution in [3.63, 3.8) is 0 Å². The smallest absolute Gasteiger partial charge is 0.356 e. The normalized spacial score (nSPS) is 19.7. The number of imidazole rings is 1. The number of rotatable bonds is 2. The molecule has 6 nitrogen and oxygen atoms in total. The fourth-order valence-electron chi connectivity index (χ4n) is 2.65. The van der Waals surface area contributed by atoms with E-state index in [1.807, 2.05) is 0 Å². The highest BCUT2D eigenvalue weighted by atomic mass is 16.4. The molecule has 19 heavy (non-hydrogen) atoms. The van der Waals surface area contributed by atoms with Crippen LogP contribution >= 0.6 is 0 Å². The van der Waals surface area contributed by atoms with Gasteiger partial charge in [-0.25, -0.2) is 9.78 Å². The largest absolute Gasteiger partial charge is 0.494 e. The van der Waals surface area contributed by atoms with Crippen molar-refractivity contribution >= 4 is 11.5 Å². The van der Waals surface area contributed by atoms with Gasteiger partial charge < -0.3 is 15.5 Å². The summed E-state index contributed by atoms with van der Waals surface area (Å²) in [6.07, 6.45) is 1.97. The van der Waals surface area contributed by atoms with Gasteiger partial charge in [-0.2, -0.15) is 0 Å². The van der Waals surface area contributed by atoms with Gasteiger partial charge in [0.05, 0.1) is 5.52 Å². The van der Waals surface area contributed by atoms with Gasteiger partial charge in [0.1, 0.15) is 5.82 Å². The van der Waals surface area contributed by atoms with Crippen molar-refractivity contribution in [1.82, 2.24) is 14.7 Å². The number of carboxylic acids is 1. The fourth-order valence-corrected chi connectivity index (χ4v) is 2.65. The molecule has 0 spiro atoms. The van der Waals surface area contributed by atoms with Crippen LogP contribution in [-0.4, -0.2) is 38.7 Å². The first kappa shape index (κ1) is 12.0. The molecular formula is C13H15N3O3. The van der Waals surface area contributed by atoms with E-state index in [1.165, 1.54) is 0 Å². The van der Waals surface area contributed by atoms with Gasteiger partial charge in [0, 0.05) is 12.5 Å². The summed E-state index contributed by atoms with van der Waals surface area (Å²) in [6, 6.07) is 4.83. The molecule has 0 bridgehead atoms. The van der Waals surface area contributed by atoms with Gasteiger partial charge in [0.15, 0.2) is 11.6 Å². The number of aromatic nitrogens is 2. The van der Waals surface area contributed by atoms with E-state index in [0.717, 1.165) is 25.9 Å². The molecule has 1 saturated heterocycles. The summed E-state index contributed by atoms with van der Waals surface area (Å²) in [7, 11) is 0. The summed E-state index contributed by atoms with van der Waals surface area (Å²) >= 11 is 0. The highest BCUT2D eigenvalue weighted by molar-refractivity contribution is 5.93. The van der Waals surface area contributed by atoms with Gasteiger partial charge in [-0.3, -0.25) is 4.40 Å². The van der Waals surface area contributed by atoms with Crippen molar-refractivity contribution in [1.29, 1.82) is 0 Å². The highest BCUT2D eigenvalue weighted by Gasteiger charge is 2.25. The Morgan fingerprint density at radius 3 is 3.00 bits per heavy atom. The molecule has 2 aromatic heterocycles. The summed E-state index contributed by atoms with van der Waals surface area (Å²) in [5.74, 6) is -0.295. The standard InChI is InChI=1S/C13H15N3O3/c17-10-5-1-4-9-11(13(18)19)15-12(16(9)10)8-3-2-6-14-7-8/h1,4-5,8,14,17H,2-3,6-7H2,(H,18,19). The second kappa shape index (κ2) is 4.55. The first-order valence-electron chi connectivity index (χ1n) is 6.33. The lowest BCUT2D eigenvalue weighted by atomic mass is 9.99. The van der Waals surface area contributed by atoms with Crippen molar-refractivity contribution in [2.24, 2.45) is 0 Å². The lowest BCUT2D eigenvalue weighted by molar-refractivity contribution is 0.0693. The topological polar surface area (TPSA) is 86.9 Å². The first-order chi connectivity index (χ1) is 9.18. The van der Waals surface area contributed by atoms with E-state index in [0.29, 0.717) is 11.3 Å². The van der Waals surface area contributed by atoms with Crippen LogP contribution in [0.1, 0.15) is 35.1 Å². The van der Waals surface area contributed by atoms with Crippen LogP contribution in [0.25, 0.3) is 5.52 Å². The maximum atomic E-state index is 11.2. The third-order valence-electron chi connectivity index (χ3n) is 3.53. The Morgan fingerprint density at radius 1 is 1.47 bits per heavy atom. The van der Waals surface area contributed by atoms with Gasteiger partial charge in [-0.05, 0) is 31.5 Å². The molecule has 3 N–H and O–H groups in total. The zero-order valence-electron chi connectivity index (χ0n) is 10.3. The van der Waals surface area contributed by atoms with Gasteiger partial charge in [-0.15, -0.1) is 0 Å². The minimum Gasteiger partial charge on any atom is -0.494 e. The second-order valence-corrected chi connectivity index (χ2v) is 4.77. The number of hydrogen-bond acceptors (Lipinski definition) is 4. The average molecular weight is 261 g/mol. The molecule has 0 aliphatic carbocycles. The van der Waals surface area contributed by atoms with Gasteiger partial charge in [0.25, 0.3) is 0 Å². The number of fused-ring (bicyclic) bond motifs is 1. The van der Waals surface area contributed by atoms with Gasteiger partial charge >= 0.3 is 5.97 Å². The molecule has 1 aliphatic heterocycles. The Kier molecular flexibility index (Phi) is 2.87. The molecule has 3 heterocycles. The lowest BCUT2D eigenvalue weighted by Crippen LogP contribution is -2.29. The van der Waals surface area contributed by atoms with Crippen molar-refractivity contribution in [3.05, 3.63) is 29.7 Å². The molecule has 0 amide bonds. The monoisotopic (exact) mass is 261 g/mol. The summed E-state index contributed by atoms with van der Waals surface area (Å²) in [6.45, 7) is 1.73. The third-order valence-corrected chi connectivity index (χ3v) is 3.53. The fraction of sp³-hybridized carbons (Fsp3) is 0.385. The zero-order valence-corrected chi connectivity index (χ0v) is 10.3. The number of pyridine rings is 1. The molecule has 0 saturated carbocycles. The molecule has 6 heteroatoms. The van der Waals surface area contributed by atoms with E-state index in [-0.39, 0.29) is 17.5 Å². The van der Waals surface area contributed by atoms with E-state index in [9.17, 15) is 15.0 Å². The summed E-state index contributed by atoms with van der Waals surface area (Å²) in [5.41, 5.74) is 0.435. The van der Waals surface area contributed by atoms with Crippen LogP contribution in [0.2, 0.25) is 0 Å². The Bertz CT molecular complexity index is 629. The molecule has 2 aromatic rings. The van der Waals surface area contributed by atoms with E-state index in [1.54, 1.807) is 22.6 Å². The summed E-state index contributed by atoms with van der Waals surface area (Å²) in [5, 5.41) is 22.5. The molecule has 1 aliphatic rings. The number of hydrogen-bond donors (Lipinski definition) is 3. The van der Waals surface area contributed by atoms with Crippen LogP contribution in [-0.2, 0) is 0 Å².